The third-order valence-corrected chi connectivity index (χ3v) is 5.03. The third-order valence-electron chi connectivity index (χ3n) is 5.03. The summed E-state index contributed by atoms with van der Waals surface area (Å²) in [4.78, 5) is 19.3. The quantitative estimate of drug-likeness (QED) is 0.894. The number of carbonyl (C=O) groups excluding carboxylic acids is 1. The Morgan fingerprint density at radius 1 is 1.38 bits per heavy atom. The highest BCUT2D eigenvalue weighted by atomic mass is 16.2. The Morgan fingerprint density at radius 3 is 2.88 bits per heavy atom. The fourth-order valence-corrected chi connectivity index (χ4v) is 3.64. The van der Waals surface area contributed by atoms with Gasteiger partial charge in [0.05, 0.1) is 18.2 Å². The molecule has 1 aliphatic heterocycles. The molecule has 3 rings (SSSR count). The van der Waals surface area contributed by atoms with Crippen LogP contribution in [0.1, 0.15) is 42.4 Å². The van der Waals surface area contributed by atoms with Gasteiger partial charge in [-0.25, -0.2) is 0 Å². The lowest BCUT2D eigenvalue weighted by molar-refractivity contribution is -0.133. The van der Waals surface area contributed by atoms with Crippen molar-refractivity contribution in [3.63, 3.8) is 0 Å². The highest BCUT2D eigenvalue weighted by Gasteiger charge is 2.29. The minimum Gasteiger partial charge on any atom is -0.333 e. The number of nitrogens with one attached hydrogen (secondary N) is 1. The molecule has 2 aromatic heterocycles. The summed E-state index contributed by atoms with van der Waals surface area (Å²) in [5.41, 5.74) is 4.22. The fraction of sp³-hybridized carbons (Fsp3) is 0.550. The van der Waals surface area contributed by atoms with Crippen LogP contribution in [0.4, 0.5) is 0 Å². The van der Waals surface area contributed by atoms with Gasteiger partial charge < -0.3 is 10.2 Å². The van der Waals surface area contributed by atoms with E-state index in [1.807, 2.05) is 34.8 Å². The van der Waals surface area contributed by atoms with E-state index >= 15 is 0 Å². The van der Waals surface area contributed by atoms with Crippen LogP contribution < -0.4 is 5.32 Å². The number of rotatable bonds is 5. The van der Waals surface area contributed by atoms with Gasteiger partial charge in [0.1, 0.15) is 0 Å². The van der Waals surface area contributed by atoms with Gasteiger partial charge in [0.2, 0.25) is 5.91 Å². The van der Waals surface area contributed by atoms with E-state index in [1.165, 1.54) is 0 Å². The van der Waals surface area contributed by atoms with Crippen molar-refractivity contribution >= 4 is 5.91 Å². The van der Waals surface area contributed by atoms with Crippen LogP contribution in [0.3, 0.4) is 0 Å². The zero-order valence-electron chi connectivity index (χ0n) is 16.2. The van der Waals surface area contributed by atoms with Gasteiger partial charge in [-0.3, -0.25) is 14.5 Å². The molecule has 3 heterocycles. The molecule has 6 nitrogen and oxygen atoms in total. The SMILES string of the molecule is Cc1nn(CC(C)C)c(C)c1CC(=O)N1CCNCC1c1cccnc1. The third kappa shape index (κ3) is 3.96. The molecule has 0 bridgehead atoms. The van der Waals surface area contributed by atoms with Gasteiger partial charge in [0.15, 0.2) is 0 Å². The molecule has 26 heavy (non-hydrogen) atoms. The number of carbonyl (C=O) groups is 1. The van der Waals surface area contributed by atoms with Crippen LogP contribution in [0.2, 0.25) is 0 Å². The summed E-state index contributed by atoms with van der Waals surface area (Å²) in [6, 6.07) is 4.01. The number of amides is 1. The van der Waals surface area contributed by atoms with Crippen LogP contribution in [0.5, 0.6) is 0 Å². The van der Waals surface area contributed by atoms with Crippen LogP contribution in [0, 0.1) is 19.8 Å². The number of hydrogen-bond acceptors (Lipinski definition) is 4. The van der Waals surface area contributed by atoms with Crippen LogP contribution in [0.25, 0.3) is 0 Å². The summed E-state index contributed by atoms with van der Waals surface area (Å²) in [6.45, 7) is 11.6. The zero-order chi connectivity index (χ0) is 18.7. The molecule has 1 saturated heterocycles. The van der Waals surface area contributed by atoms with Crippen molar-refractivity contribution in [2.75, 3.05) is 19.6 Å². The van der Waals surface area contributed by atoms with Crippen LogP contribution in [-0.2, 0) is 17.8 Å². The number of nitrogens with zero attached hydrogens (tertiary/aromatic N) is 4. The lowest BCUT2D eigenvalue weighted by Crippen LogP contribution is -2.49. The largest absolute Gasteiger partial charge is 0.333 e. The Balaban J connectivity index is 1.79. The molecule has 0 radical (unpaired) electrons. The molecular weight excluding hydrogens is 326 g/mol. The van der Waals surface area contributed by atoms with Crippen molar-refractivity contribution < 1.29 is 4.79 Å². The lowest BCUT2D eigenvalue weighted by Gasteiger charge is -2.36. The highest BCUT2D eigenvalue weighted by molar-refractivity contribution is 5.80. The molecule has 1 aliphatic rings. The monoisotopic (exact) mass is 355 g/mol. The first-order valence-electron chi connectivity index (χ1n) is 9.40. The first kappa shape index (κ1) is 18.6. The number of aryl methyl sites for hydroxylation is 1. The first-order chi connectivity index (χ1) is 12.5. The molecule has 0 saturated carbocycles. The molecule has 2 aromatic rings. The number of piperazine rings is 1. The van der Waals surface area contributed by atoms with E-state index in [4.69, 9.17) is 0 Å². The summed E-state index contributed by atoms with van der Waals surface area (Å²) in [5.74, 6) is 0.690. The first-order valence-corrected chi connectivity index (χ1v) is 9.40. The predicted molar refractivity (Wildman–Crippen MR) is 102 cm³/mol. The van der Waals surface area contributed by atoms with Crippen LogP contribution >= 0.6 is 0 Å². The van der Waals surface area contributed by atoms with E-state index in [1.54, 1.807) is 6.20 Å². The average Bonchev–Trinajstić information content (AvgIpc) is 2.89. The Kier molecular flexibility index (Phi) is 5.71. The molecule has 0 aromatic carbocycles. The van der Waals surface area contributed by atoms with Crippen molar-refractivity contribution in [2.45, 2.75) is 46.7 Å². The molecule has 0 aliphatic carbocycles. The Hall–Kier alpha value is -2.21. The molecular formula is C20H29N5O. The molecule has 0 spiro atoms. The lowest BCUT2D eigenvalue weighted by atomic mass is 10.0. The molecule has 140 valence electrons. The predicted octanol–water partition coefficient (Wildman–Crippen LogP) is 2.27. The van der Waals surface area contributed by atoms with E-state index in [9.17, 15) is 4.79 Å². The minimum absolute atomic E-state index is 0.0382. The molecule has 1 amide bonds. The van der Waals surface area contributed by atoms with Crippen LogP contribution in [0.15, 0.2) is 24.5 Å². The van der Waals surface area contributed by atoms with Gasteiger partial charge in [0, 0.05) is 49.8 Å². The van der Waals surface area contributed by atoms with E-state index in [0.717, 1.165) is 48.7 Å². The number of hydrogen-bond donors (Lipinski definition) is 1. The fourth-order valence-electron chi connectivity index (χ4n) is 3.64. The Labute approximate surface area is 155 Å². The second kappa shape index (κ2) is 7.99. The van der Waals surface area contributed by atoms with E-state index in [0.29, 0.717) is 12.3 Å². The average molecular weight is 355 g/mol. The summed E-state index contributed by atoms with van der Waals surface area (Å²) in [5, 5.41) is 8.04. The standard InChI is InChI=1S/C20H29N5O/c1-14(2)13-25-16(4)18(15(3)23-25)10-20(26)24-9-8-22-12-19(24)17-6-5-7-21-11-17/h5-7,11,14,19,22H,8-10,12-13H2,1-4H3. The second-order valence-electron chi connectivity index (χ2n) is 7.50. The van der Waals surface area contributed by atoms with Gasteiger partial charge >= 0.3 is 0 Å². The topological polar surface area (TPSA) is 63.1 Å². The van der Waals surface area contributed by atoms with E-state index in [-0.39, 0.29) is 11.9 Å². The van der Waals surface area contributed by atoms with Gasteiger partial charge in [-0.1, -0.05) is 19.9 Å². The van der Waals surface area contributed by atoms with Gasteiger partial charge in [-0.2, -0.15) is 5.10 Å². The summed E-state index contributed by atoms with van der Waals surface area (Å²) < 4.78 is 2.04. The summed E-state index contributed by atoms with van der Waals surface area (Å²) in [7, 11) is 0. The summed E-state index contributed by atoms with van der Waals surface area (Å²) >= 11 is 0. The Bertz CT molecular complexity index is 753. The van der Waals surface area contributed by atoms with Crippen molar-refractivity contribution in [1.82, 2.24) is 25.0 Å². The van der Waals surface area contributed by atoms with Gasteiger partial charge in [0.25, 0.3) is 0 Å². The van der Waals surface area contributed by atoms with Crippen LogP contribution in [-0.4, -0.2) is 45.2 Å². The van der Waals surface area contributed by atoms with Crippen molar-refractivity contribution in [3.05, 3.63) is 47.0 Å². The second-order valence-corrected chi connectivity index (χ2v) is 7.50. The highest BCUT2D eigenvalue weighted by Crippen LogP contribution is 2.24. The molecule has 1 N–H and O–H groups in total. The summed E-state index contributed by atoms with van der Waals surface area (Å²) in [6.07, 6.45) is 4.03. The Morgan fingerprint density at radius 2 is 2.19 bits per heavy atom. The minimum atomic E-state index is 0.0382. The normalized spacial score (nSPS) is 17.7. The maximum absolute atomic E-state index is 13.1. The number of pyridine rings is 1. The number of aromatic nitrogens is 3. The zero-order valence-corrected chi connectivity index (χ0v) is 16.2. The molecule has 6 heteroatoms. The maximum atomic E-state index is 13.1. The van der Waals surface area contributed by atoms with Gasteiger partial charge in [-0.05, 0) is 31.4 Å². The van der Waals surface area contributed by atoms with Crippen molar-refractivity contribution in [3.8, 4) is 0 Å². The van der Waals surface area contributed by atoms with E-state index < -0.39 is 0 Å². The molecule has 1 fully saturated rings. The molecule has 1 unspecified atom stereocenters. The van der Waals surface area contributed by atoms with Crippen molar-refractivity contribution in [2.24, 2.45) is 5.92 Å². The smallest absolute Gasteiger partial charge is 0.227 e. The van der Waals surface area contributed by atoms with Gasteiger partial charge in [-0.15, -0.1) is 0 Å². The maximum Gasteiger partial charge on any atom is 0.227 e. The molecule has 1 atom stereocenters. The van der Waals surface area contributed by atoms with Crippen molar-refractivity contribution in [1.29, 1.82) is 0 Å². The van der Waals surface area contributed by atoms with E-state index in [2.05, 4.69) is 36.2 Å².